The molecular formula is C13H19ClN4O. The molecule has 104 valence electrons. The van der Waals surface area contributed by atoms with Gasteiger partial charge in [0, 0.05) is 32.3 Å². The van der Waals surface area contributed by atoms with Crippen LogP contribution >= 0.6 is 11.6 Å². The first-order chi connectivity index (χ1) is 8.93. The van der Waals surface area contributed by atoms with Gasteiger partial charge in [-0.25, -0.2) is 0 Å². The molecule has 0 radical (unpaired) electrons. The Morgan fingerprint density at radius 3 is 2.53 bits per heavy atom. The highest BCUT2D eigenvalue weighted by molar-refractivity contribution is 6.31. The van der Waals surface area contributed by atoms with E-state index >= 15 is 0 Å². The maximum atomic E-state index is 10.3. The molecule has 2 rings (SSSR count). The molecule has 0 fully saturated rings. The number of rotatable bonds is 4. The van der Waals surface area contributed by atoms with Gasteiger partial charge in [0.05, 0.1) is 28.2 Å². The van der Waals surface area contributed by atoms with Gasteiger partial charge in [0.25, 0.3) is 0 Å². The largest absolute Gasteiger partial charge is 0.388 e. The zero-order valence-corrected chi connectivity index (χ0v) is 12.4. The number of halogens is 1. The third kappa shape index (κ3) is 2.67. The van der Waals surface area contributed by atoms with Crippen LogP contribution in [0.2, 0.25) is 5.02 Å². The Hall–Kier alpha value is -1.33. The van der Waals surface area contributed by atoms with Gasteiger partial charge in [-0.1, -0.05) is 18.5 Å². The van der Waals surface area contributed by atoms with Gasteiger partial charge in [-0.15, -0.1) is 0 Å². The zero-order valence-electron chi connectivity index (χ0n) is 11.7. The van der Waals surface area contributed by atoms with E-state index in [2.05, 4.69) is 10.2 Å². The van der Waals surface area contributed by atoms with E-state index in [4.69, 9.17) is 11.6 Å². The molecule has 2 aromatic rings. The van der Waals surface area contributed by atoms with Crippen LogP contribution < -0.4 is 0 Å². The van der Waals surface area contributed by atoms with Crippen LogP contribution in [0.15, 0.2) is 6.20 Å². The molecule has 1 unspecified atom stereocenters. The smallest absolute Gasteiger partial charge is 0.0878 e. The number of aliphatic hydroxyl groups excluding tert-OH is 1. The van der Waals surface area contributed by atoms with Gasteiger partial charge >= 0.3 is 0 Å². The molecule has 2 heterocycles. The van der Waals surface area contributed by atoms with Crippen molar-refractivity contribution in [2.45, 2.75) is 32.8 Å². The molecule has 0 aliphatic heterocycles. The molecule has 2 aromatic heterocycles. The molecule has 0 saturated heterocycles. The van der Waals surface area contributed by atoms with Crippen LogP contribution in [0.5, 0.6) is 0 Å². The molecular weight excluding hydrogens is 264 g/mol. The standard InChI is InChI=1S/C13H19ClN4O/c1-5-10-13(14)11(18(4)16-10)6-12(19)9-7-17(3)15-8(9)2/h7,12,19H,5-6H2,1-4H3. The summed E-state index contributed by atoms with van der Waals surface area (Å²) in [5, 5.41) is 19.6. The van der Waals surface area contributed by atoms with E-state index in [1.165, 1.54) is 0 Å². The molecule has 6 heteroatoms. The second-order valence-corrected chi connectivity index (χ2v) is 5.13. The molecule has 1 N–H and O–H groups in total. The fraction of sp³-hybridized carbons (Fsp3) is 0.538. The van der Waals surface area contributed by atoms with Crippen molar-refractivity contribution in [1.29, 1.82) is 0 Å². The Balaban J connectivity index is 2.26. The Kier molecular flexibility index (Phi) is 3.96. The lowest BCUT2D eigenvalue weighted by molar-refractivity contribution is 0.175. The summed E-state index contributed by atoms with van der Waals surface area (Å²) < 4.78 is 3.45. The minimum absolute atomic E-state index is 0.439. The van der Waals surface area contributed by atoms with Crippen LogP contribution in [-0.2, 0) is 26.9 Å². The lowest BCUT2D eigenvalue weighted by Gasteiger charge is -2.10. The summed E-state index contributed by atoms with van der Waals surface area (Å²) in [6.07, 6.45) is 2.44. The Morgan fingerprint density at radius 2 is 2.05 bits per heavy atom. The van der Waals surface area contributed by atoms with E-state index in [9.17, 15) is 5.11 Å². The van der Waals surface area contributed by atoms with Crippen LogP contribution in [0.4, 0.5) is 0 Å². The quantitative estimate of drug-likeness (QED) is 0.933. The molecule has 1 atom stereocenters. The predicted molar refractivity (Wildman–Crippen MR) is 74.2 cm³/mol. The number of nitrogens with zero attached hydrogens (tertiary/aromatic N) is 4. The molecule has 5 nitrogen and oxygen atoms in total. The first-order valence-corrected chi connectivity index (χ1v) is 6.70. The fourth-order valence-corrected chi connectivity index (χ4v) is 2.65. The van der Waals surface area contributed by atoms with Crippen molar-refractivity contribution in [3.8, 4) is 0 Å². The molecule has 0 bridgehead atoms. The van der Waals surface area contributed by atoms with Gasteiger partial charge in [-0.2, -0.15) is 10.2 Å². The highest BCUT2D eigenvalue weighted by Crippen LogP contribution is 2.27. The lowest BCUT2D eigenvalue weighted by Crippen LogP contribution is -2.07. The third-order valence-corrected chi connectivity index (χ3v) is 3.74. The van der Waals surface area contributed by atoms with E-state index in [1.54, 1.807) is 9.36 Å². The van der Waals surface area contributed by atoms with E-state index in [1.807, 2.05) is 34.1 Å². The summed E-state index contributed by atoms with van der Waals surface area (Å²) in [5.41, 5.74) is 3.39. The van der Waals surface area contributed by atoms with Crippen molar-refractivity contribution in [1.82, 2.24) is 19.6 Å². The van der Waals surface area contributed by atoms with Gasteiger partial charge in [-0.3, -0.25) is 9.36 Å². The molecule has 0 amide bonds. The van der Waals surface area contributed by atoms with E-state index in [-0.39, 0.29) is 0 Å². The number of aromatic nitrogens is 4. The minimum Gasteiger partial charge on any atom is -0.388 e. The fourth-order valence-electron chi connectivity index (χ4n) is 2.28. The first kappa shape index (κ1) is 14.1. The van der Waals surface area contributed by atoms with Crippen molar-refractivity contribution in [2.24, 2.45) is 14.1 Å². The summed E-state index contributed by atoms with van der Waals surface area (Å²) in [6, 6.07) is 0. The maximum absolute atomic E-state index is 10.3. The van der Waals surface area contributed by atoms with E-state index in [0.29, 0.717) is 11.4 Å². The van der Waals surface area contributed by atoms with Crippen molar-refractivity contribution in [3.63, 3.8) is 0 Å². The third-order valence-electron chi connectivity index (χ3n) is 3.30. The predicted octanol–water partition coefficient (Wildman–Crippen LogP) is 1.95. The number of hydrogen-bond donors (Lipinski definition) is 1. The summed E-state index contributed by atoms with van der Waals surface area (Å²) in [7, 11) is 3.69. The maximum Gasteiger partial charge on any atom is 0.0878 e. The van der Waals surface area contributed by atoms with Crippen LogP contribution in [-0.4, -0.2) is 24.7 Å². The molecule has 0 spiro atoms. The van der Waals surface area contributed by atoms with Gasteiger partial charge in [-0.05, 0) is 13.3 Å². The topological polar surface area (TPSA) is 55.9 Å². The van der Waals surface area contributed by atoms with Gasteiger partial charge in [0.2, 0.25) is 0 Å². The second-order valence-electron chi connectivity index (χ2n) is 4.75. The zero-order chi connectivity index (χ0) is 14.2. The van der Waals surface area contributed by atoms with Crippen LogP contribution in [0.3, 0.4) is 0 Å². The van der Waals surface area contributed by atoms with E-state index in [0.717, 1.165) is 29.1 Å². The molecule has 19 heavy (non-hydrogen) atoms. The molecule has 0 aliphatic rings. The number of aliphatic hydroxyl groups is 1. The highest BCUT2D eigenvalue weighted by atomic mass is 35.5. The average Bonchev–Trinajstić information content (AvgIpc) is 2.82. The normalized spacial score (nSPS) is 12.9. The summed E-state index contributed by atoms with van der Waals surface area (Å²) >= 11 is 6.29. The number of aryl methyl sites for hydroxylation is 4. The van der Waals surface area contributed by atoms with Crippen molar-refractivity contribution in [2.75, 3.05) is 0 Å². The van der Waals surface area contributed by atoms with E-state index < -0.39 is 6.10 Å². The minimum atomic E-state index is -0.619. The Bertz CT molecular complexity index is 588. The van der Waals surface area contributed by atoms with Gasteiger partial charge < -0.3 is 5.11 Å². The number of hydrogen-bond acceptors (Lipinski definition) is 3. The Morgan fingerprint density at radius 1 is 1.37 bits per heavy atom. The first-order valence-electron chi connectivity index (χ1n) is 6.32. The summed E-state index contributed by atoms with van der Waals surface area (Å²) in [4.78, 5) is 0. The van der Waals surface area contributed by atoms with Gasteiger partial charge in [0.15, 0.2) is 0 Å². The molecule has 0 aromatic carbocycles. The second kappa shape index (κ2) is 5.35. The van der Waals surface area contributed by atoms with Crippen molar-refractivity contribution >= 4 is 11.6 Å². The monoisotopic (exact) mass is 282 g/mol. The summed E-state index contributed by atoms with van der Waals surface area (Å²) in [5.74, 6) is 0. The summed E-state index contributed by atoms with van der Waals surface area (Å²) in [6.45, 7) is 3.90. The van der Waals surface area contributed by atoms with Crippen LogP contribution in [0.1, 0.15) is 35.7 Å². The average molecular weight is 283 g/mol. The van der Waals surface area contributed by atoms with Crippen LogP contribution in [0.25, 0.3) is 0 Å². The Labute approximate surface area is 117 Å². The van der Waals surface area contributed by atoms with Crippen LogP contribution in [0, 0.1) is 6.92 Å². The van der Waals surface area contributed by atoms with Crippen molar-refractivity contribution in [3.05, 3.63) is 33.9 Å². The SMILES string of the molecule is CCc1nn(C)c(CC(O)c2cn(C)nc2C)c1Cl. The lowest BCUT2D eigenvalue weighted by atomic mass is 10.1. The van der Waals surface area contributed by atoms with Crippen molar-refractivity contribution < 1.29 is 5.11 Å². The highest BCUT2D eigenvalue weighted by Gasteiger charge is 2.20. The molecule has 0 saturated carbocycles. The molecule has 0 aliphatic carbocycles. The van der Waals surface area contributed by atoms with Gasteiger partial charge in [0.1, 0.15) is 0 Å².